The minimum absolute atomic E-state index is 0.0257. The number of anilines is 2. The second-order valence-corrected chi connectivity index (χ2v) is 9.29. The number of nitrogens with zero attached hydrogens (tertiary/aromatic N) is 2. The molecule has 0 radical (unpaired) electrons. The van der Waals surface area contributed by atoms with E-state index >= 15 is 0 Å². The van der Waals surface area contributed by atoms with Crippen LogP contribution in [0.5, 0.6) is 11.5 Å². The fourth-order valence-electron chi connectivity index (χ4n) is 5.07. The second kappa shape index (κ2) is 11.0. The van der Waals surface area contributed by atoms with Crippen molar-refractivity contribution in [3.8, 4) is 11.5 Å². The lowest BCUT2D eigenvalue weighted by molar-refractivity contribution is -0.132. The van der Waals surface area contributed by atoms with Crippen LogP contribution in [0.4, 0.5) is 11.4 Å². The fraction of sp³-hybridized carbons (Fsp3) is 0.290. The Morgan fingerprint density at radius 3 is 2.13 bits per heavy atom. The summed E-state index contributed by atoms with van der Waals surface area (Å²) >= 11 is 0. The van der Waals surface area contributed by atoms with Crippen LogP contribution in [0.3, 0.4) is 0 Å². The molecule has 4 rings (SSSR count). The molecular weight excluding hydrogens is 480 g/mol. The van der Waals surface area contributed by atoms with Gasteiger partial charge < -0.3 is 19.5 Å². The van der Waals surface area contributed by atoms with Gasteiger partial charge in [-0.25, -0.2) is 0 Å². The SMILES string of the molecule is CCN(CC)c1ccc(C2/C(=C(\O)c3ccc(OC)c(OC)c3)C(=O)C(=O)N2c2ccc(C)cc2C)cc1. The standard InChI is InChI=1S/C31H34N2O5/c1-7-32(8-2)23-13-10-21(11-14-23)28-27(29(34)22-12-16-25(37-5)26(18-22)38-6)30(35)31(36)33(28)24-15-9-19(3)17-20(24)4/h9-18,28,34H,7-8H2,1-6H3/b29-27+. The first kappa shape index (κ1) is 26.8. The Morgan fingerprint density at radius 2 is 1.55 bits per heavy atom. The number of hydrogen-bond donors (Lipinski definition) is 1. The molecule has 7 nitrogen and oxygen atoms in total. The molecule has 1 aliphatic rings. The van der Waals surface area contributed by atoms with Crippen LogP contribution in [-0.2, 0) is 9.59 Å². The number of aliphatic hydroxyl groups excluding tert-OH is 1. The Morgan fingerprint density at radius 1 is 0.895 bits per heavy atom. The Hall–Kier alpha value is -4.26. The van der Waals surface area contributed by atoms with Crippen LogP contribution in [0.2, 0.25) is 0 Å². The molecule has 1 atom stereocenters. The van der Waals surface area contributed by atoms with E-state index in [1.54, 1.807) is 18.2 Å². The number of carbonyl (C=O) groups excluding carboxylic acids is 2. The van der Waals surface area contributed by atoms with E-state index in [0.717, 1.165) is 35.5 Å². The fourth-order valence-corrected chi connectivity index (χ4v) is 5.07. The molecule has 1 fully saturated rings. The Labute approximate surface area is 223 Å². The third-order valence-corrected chi connectivity index (χ3v) is 7.05. The quantitative estimate of drug-likeness (QED) is 0.233. The number of benzene rings is 3. The molecule has 38 heavy (non-hydrogen) atoms. The van der Waals surface area contributed by atoms with Gasteiger partial charge in [0, 0.05) is 30.0 Å². The predicted molar refractivity (Wildman–Crippen MR) is 150 cm³/mol. The molecule has 1 aliphatic heterocycles. The van der Waals surface area contributed by atoms with E-state index in [1.807, 2.05) is 56.3 Å². The highest BCUT2D eigenvalue weighted by Gasteiger charge is 2.47. The van der Waals surface area contributed by atoms with Crippen LogP contribution in [0.25, 0.3) is 5.76 Å². The van der Waals surface area contributed by atoms with E-state index in [2.05, 4.69) is 18.7 Å². The van der Waals surface area contributed by atoms with Gasteiger partial charge in [-0.2, -0.15) is 0 Å². The van der Waals surface area contributed by atoms with Crippen molar-refractivity contribution in [3.05, 3.63) is 88.5 Å². The lowest BCUT2D eigenvalue weighted by Crippen LogP contribution is -2.30. The molecule has 198 valence electrons. The number of amides is 1. The molecule has 1 N–H and O–H groups in total. The zero-order chi connectivity index (χ0) is 27.6. The Bertz CT molecular complexity index is 1390. The number of rotatable bonds is 8. The third kappa shape index (κ3) is 4.72. The zero-order valence-corrected chi connectivity index (χ0v) is 22.7. The van der Waals surface area contributed by atoms with Crippen molar-refractivity contribution in [1.82, 2.24) is 0 Å². The van der Waals surface area contributed by atoms with E-state index in [-0.39, 0.29) is 11.3 Å². The molecule has 0 aromatic heterocycles. The highest BCUT2D eigenvalue weighted by molar-refractivity contribution is 6.51. The number of ketones is 1. The molecule has 0 saturated carbocycles. The summed E-state index contributed by atoms with van der Waals surface area (Å²) in [6.45, 7) is 9.79. The summed E-state index contributed by atoms with van der Waals surface area (Å²) in [5.41, 5.74) is 4.69. The lowest BCUT2D eigenvalue weighted by Gasteiger charge is -2.28. The third-order valence-electron chi connectivity index (χ3n) is 7.05. The van der Waals surface area contributed by atoms with Crippen molar-refractivity contribution in [1.29, 1.82) is 0 Å². The van der Waals surface area contributed by atoms with Crippen molar-refractivity contribution in [2.75, 3.05) is 37.1 Å². The maximum Gasteiger partial charge on any atom is 0.300 e. The summed E-state index contributed by atoms with van der Waals surface area (Å²) in [5.74, 6) is -0.801. The molecular formula is C31H34N2O5. The average Bonchev–Trinajstić information content (AvgIpc) is 3.19. The van der Waals surface area contributed by atoms with Crippen LogP contribution in [0.1, 0.15) is 42.1 Å². The molecule has 1 saturated heterocycles. The molecule has 1 heterocycles. The highest BCUT2D eigenvalue weighted by Crippen LogP contribution is 2.44. The van der Waals surface area contributed by atoms with Crippen LogP contribution in [0, 0.1) is 13.8 Å². The normalized spacial score (nSPS) is 16.6. The number of aryl methyl sites for hydroxylation is 2. The summed E-state index contributed by atoms with van der Waals surface area (Å²) in [5, 5.41) is 11.5. The van der Waals surface area contributed by atoms with Gasteiger partial charge in [-0.15, -0.1) is 0 Å². The maximum atomic E-state index is 13.5. The van der Waals surface area contributed by atoms with Crippen molar-refractivity contribution < 1.29 is 24.2 Å². The van der Waals surface area contributed by atoms with Gasteiger partial charge in [0.1, 0.15) is 5.76 Å². The van der Waals surface area contributed by atoms with Gasteiger partial charge >= 0.3 is 0 Å². The first-order valence-corrected chi connectivity index (χ1v) is 12.7. The van der Waals surface area contributed by atoms with E-state index in [4.69, 9.17) is 9.47 Å². The summed E-state index contributed by atoms with van der Waals surface area (Å²) in [6.07, 6.45) is 0. The summed E-state index contributed by atoms with van der Waals surface area (Å²) in [7, 11) is 3.02. The van der Waals surface area contributed by atoms with Crippen molar-refractivity contribution in [2.24, 2.45) is 0 Å². The minimum Gasteiger partial charge on any atom is -0.507 e. The molecule has 3 aromatic carbocycles. The monoisotopic (exact) mass is 514 g/mol. The second-order valence-electron chi connectivity index (χ2n) is 9.29. The number of hydrogen-bond acceptors (Lipinski definition) is 6. The number of Topliss-reactive ketones (excluding diaryl/α,β-unsaturated/α-hetero) is 1. The van der Waals surface area contributed by atoms with Gasteiger partial charge in [-0.3, -0.25) is 14.5 Å². The smallest absolute Gasteiger partial charge is 0.300 e. The molecule has 7 heteroatoms. The first-order valence-electron chi connectivity index (χ1n) is 12.7. The average molecular weight is 515 g/mol. The van der Waals surface area contributed by atoms with Crippen LogP contribution < -0.4 is 19.3 Å². The maximum absolute atomic E-state index is 13.5. The number of carbonyl (C=O) groups is 2. The molecule has 1 unspecified atom stereocenters. The number of aliphatic hydroxyl groups is 1. The van der Waals surface area contributed by atoms with Gasteiger partial charge in [0.25, 0.3) is 11.7 Å². The Balaban J connectivity index is 1.93. The highest BCUT2D eigenvalue weighted by atomic mass is 16.5. The minimum atomic E-state index is -0.810. The van der Waals surface area contributed by atoms with Gasteiger partial charge in [0.15, 0.2) is 11.5 Å². The van der Waals surface area contributed by atoms with Crippen molar-refractivity contribution in [2.45, 2.75) is 33.7 Å². The topological polar surface area (TPSA) is 79.3 Å². The molecule has 0 spiro atoms. The molecule has 0 bridgehead atoms. The van der Waals surface area contributed by atoms with E-state index in [9.17, 15) is 14.7 Å². The number of methoxy groups -OCH3 is 2. The van der Waals surface area contributed by atoms with Gasteiger partial charge in [0.05, 0.1) is 25.8 Å². The lowest BCUT2D eigenvalue weighted by atomic mass is 9.94. The van der Waals surface area contributed by atoms with Gasteiger partial charge in [-0.05, 0) is 75.2 Å². The molecule has 1 amide bonds. The van der Waals surface area contributed by atoms with Crippen molar-refractivity contribution >= 4 is 28.8 Å². The van der Waals surface area contributed by atoms with Crippen LogP contribution in [0.15, 0.2) is 66.2 Å². The molecule has 0 aliphatic carbocycles. The van der Waals surface area contributed by atoms with Gasteiger partial charge in [0.2, 0.25) is 0 Å². The number of ether oxygens (including phenoxy) is 2. The summed E-state index contributed by atoms with van der Waals surface area (Å²) < 4.78 is 10.7. The van der Waals surface area contributed by atoms with E-state index in [1.165, 1.54) is 19.1 Å². The summed E-state index contributed by atoms with van der Waals surface area (Å²) in [6, 6.07) is 17.6. The Kier molecular flexibility index (Phi) is 7.76. The summed E-state index contributed by atoms with van der Waals surface area (Å²) in [4.78, 5) is 30.8. The van der Waals surface area contributed by atoms with Crippen LogP contribution >= 0.6 is 0 Å². The van der Waals surface area contributed by atoms with Gasteiger partial charge in [-0.1, -0.05) is 29.8 Å². The van der Waals surface area contributed by atoms with E-state index < -0.39 is 17.7 Å². The van der Waals surface area contributed by atoms with Crippen LogP contribution in [-0.4, -0.2) is 44.1 Å². The molecule has 3 aromatic rings. The van der Waals surface area contributed by atoms with Crippen molar-refractivity contribution in [3.63, 3.8) is 0 Å². The largest absolute Gasteiger partial charge is 0.507 e. The zero-order valence-electron chi connectivity index (χ0n) is 22.7. The predicted octanol–water partition coefficient (Wildman–Crippen LogP) is 5.79. The first-order chi connectivity index (χ1) is 18.2. The van der Waals surface area contributed by atoms with E-state index in [0.29, 0.717) is 22.7 Å².